The second kappa shape index (κ2) is 5.97. The number of carbonyl (C=O) groups is 1. The lowest BCUT2D eigenvalue weighted by molar-refractivity contribution is 0.0954. The van der Waals surface area contributed by atoms with Crippen LogP contribution >= 0.6 is 27.3 Å². The molecule has 18 heavy (non-hydrogen) atoms. The van der Waals surface area contributed by atoms with Crippen molar-refractivity contribution < 1.29 is 9.53 Å². The maximum absolute atomic E-state index is 11.9. The van der Waals surface area contributed by atoms with Gasteiger partial charge in [0.25, 0.3) is 5.91 Å². The second-order valence-corrected chi connectivity index (χ2v) is 5.22. The van der Waals surface area contributed by atoms with Crippen molar-refractivity contribution in [3.8, 4) is 5.88 Å². The van der Waals surface area contributed by atoms with Crippen LogP contribution in [0.2, 0.25) is 0 Å². The Morgan fingerprint density at radius 2 is 2.39 bits per heavy atom. The molecule has 1 N–H and O–H groups in total. The summed E-state index contributed by atoms with van der Waals surface area (Å²) >= 11 is 4.73. The molecule has 2 aromatic rings. The standard InChI is InChI=1S/C12H11BrN2O2S/c1-17-12-8(3-2-5-14-12)7-15-11(16)10-9(13)4-6-18-10/h2-6H,7H2,1H3,(H,15,16). The van der Waals surface area contributed by atoms with Crippen LogP contribution in [0.3, 0.4) is 0 Å². The van der Waals surface area contributed by atoms with Crippen LogP contribution in [0.4, 0.5) is 0 Å². The van der Waals surface area contributed by atoms with Crippen molar-refractivity contribution in [2.75, 3.05) is 7.11 Å². The monoisotopic (exact) mass is 326 g/mol. The molecule has 1 amide bonds. The third kappa shape index (κ3) is 2.88. The van der Waals surface area contributed by atoms with E-state index in [4.69, 9.17) is 4.74 Å². The van der Waals surface area contributed by atoms with E-state index >= 15 is 0 Å². The van der Waals surface area contributed by atoms with Crippen molar-refractivity contribution in [1.29, 1.82) is 0 Å². The summed E-state index contributed by atoms with van der Waals surface area (Å²) in [4.78, 5) is 16.6. The fourth-order valence-corrected chi connectivity index (χ4v) is 2.92. The Morgan fingerprint density at radius 1 is 1.56 bits per heavy atom. The average Bonchev–Trinajstić information content (AvgIpc) is 2.82. The third-order valence-electron chi connectivity index (χ3n) is 2.31. The molecule has 2 aromatic heterocycles. The van der Waals surface area contributed by atoms with Gasteiger partial charge in [-0.2, -0.15) is 0 Å². The number of carbonyl (C=O) groups excluding carboxylic acids is 1. The number of pyridine rings is 1. The van der Waals surface area contributed by atoms with E-state index in [-0.39, 0.29) is 5.91 Å². The summed E-state index contributed by atoms with van der Waals surface area (Å²) in [6.45, 7) is 0.389. The van der Waals surface area contributed by atoms with Crippen LogP contribution in [-0.2, 0) is 6.54 Å². The Hall–Kier alpha value is -1.40. The van der Waals surface area contributed by atoms with E-state index in [1.165, 1.54) is 11.3 Å². The molecule has 0 bridgehead atoms. The zero-order chi connectivity index (χ0) is 13.0. The van der Waals surface area contributed by atoms with E-state index in [9.17, 15) is 4.79 Å². The van der Waals surface area contributed by atoms with Crippen LogP contribution in [0, 0.1) is 0 Å². The van der Waals surface area contributed by atoms with Gasteiger partial charge in [-0.25, -0.2) is 4.98 Å². The van der Waals surface area contributed by atoms with Crippen LogP contribution in [0.25, 0.3) is 0 Å². The van der Waals surface area contributed by atoms with Gasteiger partial charge in [0.05, 0.1) is 7.11 Å². The summed E-state index contributed by atoms with van der Waals surface area (Å²) in [5, 5.41) is 4.70. The zero-order valence-electron chi connectivity index (χ0n) is 9.64. The molecule has 2 heterocycles. The van der Waals surface area contributed by atoms with Gasteiger partial charge in [-0.05, 0) is 33.4 Å². The highest BCUT2D eigenvalue weighted by Crippen LogP contribution is 2.22. The van der Waals surface area contributed by atoms with Crippen LogP contribution in [0.15, 0.2) is 34.2 Å². The van der Waals surface area contributed by atoms with E-state index in [0.29, 0.717) is 17.3 Å². The molecule has 0 aliphatic rings. The van der Waals surface area contributed by atoms with Gasteiger partial charge in [-0.3, -0.25) is 4.79 Å². The molecular weight excluding hydrogens is 316 g/mol. The van der Waals surface area contributed by atoms with E-state index in [1.54, 1.807) is 13.3 Å². The Kier molecular flexibility index (Phi) is 4.33. The lowest BCUT2D eigenvalue weighted by Crippen LogP contribution is -2.22. The maximum atomic E-state index is 11.9. The van der Waals surface area contributed by atoms with Crippen molar-refractivity contribution in [3.63, 3.8) is 0 Å². The minimum atomic E-state index is -0.109. The summed E-state index contributed by atoms with van der Waals surface area (Å²) in [6, 6.07) is 5.53. The first kappa shape index (κ1) is 13.0. The summed E-state index contributed by atoms with van der Waals surface area (Å²) in [5.41, 5.74) is 0.848. The summed E-state index contributed by atoms with van der Waals surface area (Å²) in [5.74, 6) is 0.422. The Morgan fingerprint density at radius 3 is 3.06 bits per heavy atom. The van der Waals surface area contributed by atoms with E-state index in [0.717, 1.165) is 10.0 Å². The number of hydrogen-bond donors (Lipinski definition) is 1. The first-order valence-electron chi connectivity index (χ1n) is 5.21. The third-order valence-corrected chi connectivity index (χ3v) is 4.14. The van der Waals surface area contributed by atoms with E-state index < -0.39 is 0 Å². The molecule has 0 aromatic carbocycles. The molecule has 0 saturated carbocycles. The molecule has 6 heteroatoms. The highest BCUT2D eigenvalue weighted by atomic mass is 79.9. The fraction of sp³-hybridized carbons (Fsp3) is 0.167. The number of ether oxygens (including phenoxy) is 1. The van der Waals surface area contributed by atoms with E-state index in [2.05, 4.69) is 26.2 Å². The average molecular weight is 327 g/mol. The number of halogens is 1. The number of nitrogens with zero attached hydrogens (tertiary/aromatic N) is 1. The number of rotatable bonds is 4. The highest BCUT2D eigenvalue weighted by molar-refractivity contribution is 9.10. The van der Waals surface area contributed by atoms with Gasteiger partial charge >= 0.3 is 0 Å². The summed E-state index contributed by atoms with van der Waals surface area (Å²) in [6.07, 6.45) is 1.65. The van der Waals surface area contributed by atoms with Crippen LogP contribution < -0.4 is 10.1 Å². The predicted molar refractivity (Wildman–Crippen MR) is 74.0 cm³/mol. The summed E-state index contributed by atoms with van der Waals surface area (Å²) < 4.78 is 5.93. The Balaban J connectivity index is 2.04. The number of methoxy groups -OCH3 is 1. The van der Waals surface area contributed by atoms with Crippen molar-refractivity contribution in [3.05, 3.63) is 44.7 Å². The van der Waals surface area contributed by atoms with Gasteiger partial charge in [-0.1, -0.05) is 6.07 Å². The number of aromatic nitrogens is 1. The summed E-state index contributed by atoms with van der Waals surface area (Å²) in [7, 11) is 1.56. The van der Waals surface area contributed by atoms with Crippen LogP contribution in [0.1, 0.15) is 15.2 Å². The molecule has 0 spiro atoms. The normalized spacial score (nSPS) is 10.1. The molecule has 0 aliphatic carbocycles. The number of nitrogens with one attached hydrogen (secondary N) is 1. The van der Waals surface area contributed by atoms with Gasteiger partial charge in [0, 0.05) is 22.8 Å². The highest BCUT2D eigenvalue weighted by Gasteiger charge is 2.12. The molecule has 0 radical (unpaired) electrons. The van der Waals surface area contributed by atoms with Crippen molar-refractivity contribution in [2.45, 2.75) is 6.54 Å². The molecular formula is C12H11BrN2O2S. The minimum absolute atomic E-state index is 0.109. The van der Waals surface area contributed by atoms with Crippen LogP contribution in [0.5, 0.6) is 5.88 Å². The zero-order valence-corrected chi connectivity index (χ0v) is 12.0. The Bertz CT molecular complexity index is 557. The second-order valence-electron chi connectivity index (χ2n) is 3.45. The number of thiophene rings is 1. The largest absolute Gasteiger partial charge is 0.481 e. The molecule has 0 saturated heterocycles. The first-order valence-corrected chi connectivity index (χ1v) is 6.88. The van der Waals surface area contributed by atoms with Crippen LogP contribution in [-0.4, -0.2) is 18.0 Å². The molecule has 0 aliphatic heterocycles. The molecule has 94 valence electrons. The van der Waals surface area contributed by atoms with Crippen molar-refractivity contribution in [2.24, 2.45) is 0 Å². The topological polar surface area (TPSA) is 51.2 Å². The fourth-order valence-electron chi connectivity index (χ4n) is 1.45. The lowest BCUT2D eigenvalue weighted by atomic mass is 10.2. The minimum Gasteiger partial charge on any atom is -0.481 e. The van der Waals surface area contributed by atoms with Gasteiger partial charge in [0.15, 0.2) is 0 Å². The van der Waals surface area contributed by atoms with Gasteiger partial charge in [0.1, 0.15) is 4.88 Å². The van der Waals surface area contributed by atoms with Gasteiger partial charge < -0.3 is 10.1 Å². The number of amides is 1. The molecule has 0 unspecified atom stereocenters. The molecule has 4 nitrogen and oxygen atoms in total. The quantitative estimate of drug-likeness (QED) is 0.939. The van der Waals surface area contributed by atoms with Crippen molar-refractivity contribution in [1.82, 2.24) is 10.3 Å². The first-order chi connectivity index (χ1) is 8.72. The van der Waals surface area contributed by atoms with Gasteiger partial charge in [0.2, 0.25) is 5.88 Å². The smallest absolute Gasteiger partial charge is 0.262 e. The van der Waals surface area contributed by atoms with Crippen molar-refractivity contribution >= 4 is 33.2 Å². The SMILES string of the molecule is COc1ncccc1CNC(=O)c1sccc1Br. The predicted octanol–water partition coefficient (Wildman–Crippen LogP) is 2.84. The molecule has 0 fully saturated rings. The Labute approximate surface area is 117 Å². The number of hydrogen-bond acceptors (Lipinski definition) is 4. The lowest BCUT2D eigenvalue weighted by Gasteiger charge is -2.07. The van der Waals surface area contributed by atoms with E-state index in [1.807, 2.05) is 23.6 Å². The molecule has 0 atom stereocenters. The van der Waals surface area contributed by atoms with Gasteiger partial charge in [-0.15, -0.1) is 11.3 Å². The maximum Gasteiger partial charge on any atom is 0.262 e. The molecule has 2 rings (SSSR count).